The van der Waals surface area contributed by atoms with Crippen molar-refractivity contribution < 1.29 is 4.42 Å². The quantitative estimate of drug-likeness (QED) is 0.510. The van der Waals surface area contributed by atoms with Crippen LogP contribution >= 0.6 is 11.3 Å². The van der Waals surface area contributed by atoms with Gasteiger partial charge in [0.15, 0.2) is 11.1 Å². The number of anilines is 1. The van der Waals surface area contributed by atoms with Gasteiger partial charge in [-0.15, -0.1) is 11.3 Å². The molecule has 2 aromatic heterocycles. The Morgan fingerprint density at radius 3 is 2.85 bits per heavy atom. The predicted molar refractivity (Wildman–Crippen MR) is 109 cm³/mol. The van der Waals surface area contributed by atoms with Crippen molar-refractivity contribution in [3.05, 3.63) is 47.2 Å². The Bertz CT molecular complexity index is 850. The standard InChI is InChI=1S/C19H25N5OS/c1-5-20-18(21-11-15-12-26-19(23-15)24(3)4)22-13(2)17-10-14-8-6-7-9-16(14)25-17/h6-10,12-13H,5,11H2,1-4H3,(H2,20,21,22). The van der Waals surface area contributed by atoms with E-state index in [2.05, 4.69) is 46.6 Å². The van der Waals surface area contributed by atoms with Gasteiger partial charge in [0, 0.05) is 31.4 Å². The third-order valence-corrected chi connectivity index (χ3v) is 4.95. The Balaban J connectivity index is 1.70. The van der Waals surface area contributed by atoms with Crippen LogP contribution in [0.2, 0.25) is 0 Å². The third kappa shape index (κ3) is 4.35. The van der Waals surface area contributed by atoms with Crippen LogP contribution in [0.3, 0.4) is 0 Å². The Hall–Kier alpha value is -2.54. The van der Waals surface area contributed by atoms with Crippen molar-refractivity contribution in [1.29, 1.82) is 0 Å². The van der Waals surface area contributed by atoms with Crippen LogP contribution < -0.4 is 15.5 Å². The molecular formula is C19H25N5OS. The summed E-state index contributed by atoms with van der Waals surface area (Å²) in [4.78, 5) is 11.2. The van der Waals surface area contributed by atoms with Crippen molar-refractivity contribution in [2.24, 2.45) is 4.99 Å². The van der Waals surface area contributed by atoms with E-state index in [1.54, 1.807) is 11.3 Å². The molecule has 0 spiro atoms. The van der Waals surface area contributed by atoms with E-state index in [1.165, 1.54) is 0 Å². The highest BCUT2D eigenvalue weighted by Crippen LogP contribution is 2.23. The van der Waals surface area contributed by atoms with Crippen molar-refractivity contribution in [3.8, 4) is 0 Å². The van der Waals surface area contributed by atoms with Gasteiger partial charge in [-0.05, 0) is 26.0 Å². The van der Waals surface area contributed by atoms with E-state index in [9.17, 15) is 0 Å². The SMILES string of the molecule is CCNC(=NCc1csc(N(C)C)n1)NC(C)c1cc2ccccc2o1. The van der Waals surface area contributed by atoms with Crippen LogP contribution in [0.5, 0.6) is 0 Å². The van der Waals surface area contributed by atoms with Gasteiger partial charge in [0.1, 0.15) is 11.3 Å². The summed E-state index contributed by atoms with van der Waals surface area (Å²) in [6, 6.07) is 10.1. The van der Waals surface area contributed by atoms with Gasteiger partial charge >= 0.3 is 0 Å². The molecule has 1 aromatic carbocycles. The number of hydrogen-bond acceptors (Lipinski definition) is 5. The van der Waals surface area contributed by atoms with Crippen LogP contribution in [0.1, 0.15) is 31.3 Å². The van der Waals surface area contributed by atoms with Gasteiger partial charge in [0.2, 0.25) is 0 Å². The Morgan fingerprint density at radius 2 is 2.15 bits per heavy atom. The first kappa shape index (κ1) is 18.3. The lowest BCUT2D eigenvalue weighted by Gasteiger charge is -2.15. The summed E-state index contributed by atoms with van der Waals surface area (Å²) in [6.07, 6.45) is 0. The molecule has 3 aromatic rings. The van der Waals surface area contributed by atoms with E-state index in [0.717, 1.165) is 40.1 Å². The topological polar surface area (TPSA) is 65.7 Å². The highest BCUT2D eigenvalue weighted by molar-refractivity contribution is 7.13. The highest BCUT2D eigenvalue weighted by Gasteiger charge is 2.13. The largest absolute Gasteiger partial charge is 0.459 e. The van der Waals surface area contributed by atoms with Crippen LogP contribution in [0.15, 0.2) is 45.1 Å². The van der Waals surface area contributed by atoms with Gasteiger partial charge in [-0.25, -0.2) is 9.98 Å². The zero-order chi connectivity index (χ0) is 18.5. The second-order valence-corrected chi connectivity index (χ2v) is 7.10. The van der Waals surface area contributed by atoms with Crippen molar-refractivity contribution in [2.75, 3.05) is 25.5 Å². The summed E-state index contributed by atoms with van der Waals surface area (Å²) in [5.41, 5.74) is 1.86. The van der Waals surface area contributed by atoms with Crippen LogP contribution in [0, 0.1) is 0 Å². The number of rotatable bonds is 6. The lowest BCUT2D eigenvalue weighted by Crippen LogP contribution is -2.38. The van der Waals surface area contributed by atoms with Crippen molar-refractivity contribution in [2.45, 2.75) is 26.4 Å². The maximum absolute atomic E-state index is 5.94. The molecule has 3 rings (SSSR count). The van der Waals surface area contributed by atoms with E-state index in [0.29, 0.717) is 6.54 Å². The molecule has 6 nitrogen and oxygen atoms in total. The molecule has 0 saturated carbocycles. The van der Waals surface area contributed by atoms with Crippen LogP contribution in [0.25, 0.3) is 11.0 Å². The number of nitrogens with one attached hydrogen (secondary N) is 2. The lowest BCUT2D eigenvalue weighted by atomic mass is 10.2. The summed E-state index contributed by atoms with van der Waals surface area (Å²) < 4.78 is 5.94. The predicted octanol–water partition coefficient (Wildman–Crippen LogP) is 3.77. The third-order valence-electron chi connectivity index (χ3n) is 3.89. The zero-order valence-corrected chi connectivity index (χ0v) is 16.4. The second-order valence-electron chi connectivity index (χ2n) is 6.26. The average molecular weight is 372 g/mol. The summed E-state index contributed by atoms with van der Waals surface area (Å²) >= 11 is 1.63. The summed E-state index contributed by atoms with van der Waals surface area (Å²) in [7, 11) is 3.99. The first-order valence-electron chi connectivity index (χ1n) is 8.72. The average Bonchev–Trinajstić information content (AvgIpc) is 3.26. The van der Waals surface area contributed by atoms with E-state index in [-0.39, 0.29) is 6.04 Å². The molecule has 0 radical (unpaired) electrons. The molecular weight excluding hydrogens is 346 g/mol. The van der Waals surface area contributed by atoms with E-state index >= 15 is 0 Å². The van der Waals surface area contributed by atoms with Gasteiger partial charge < -0.3 is 20.0 Å². The number of nitrogens with zero attached hydrogens (tertiary/aromatic N) is 3. The molecule has 0 saturated heterocycles. The number of furan rings is 1. The van der Waals surface area contributed by atoms with Gasteiger partial charge in [-0.1, -0.05) is 18.2 Å². The molecule has 0 aliphatic carbocycles. The molecule has 0 amide bonds. The van der Waals surface area contributed by atoms with E-state index < -0.39 is 0 Å². The van der Waals surface area contributed by atoms with Crippen molar-refractivity contribution in [3.63, 3.8) is 0 Å². The minimum atomic E-state index is 0.00738. The molecule has 1 unspecified atom stereocenters. The number of aromatic nitrogens is 1. The molecule has 138 valence electrons. The molecule has 2 heterocycles. The molecule has 0 aliphatic heterocycles. The minimum absolute atomic E-state index is 0.00738. The van der Waals surface area contributed by atoms with Gasteiger partial charge in [0.05, 0.1) is 18.3 Å². The van der Waals surface area contributed by atoms with Gasteiger partial charge in [0.25, 0.3) is 0 Å². The van der Waals surface area contributed by atoms with E-state index in [4.69, 9.17) is 4.42 Å². The number of hydrogen-bond donors (Lipinski definition) is 2. The Morgan fingerprint density at radius 1 is 1.35 bits per heavy atom. The summed E-state index contributed by atoms with van der Waals surface area (Å²) in [5, 5.41) is 10.8. The van der Waals surface area contributed by atoms with Crippen LogP contribution in [0.4, 0.5) is 5.13 Å². The molecule has 0 bridgehead atoms. The summed E-state index contributed by atoms with van der Waals surface area (Å²) in [6.45, 7) is 5.44. The number of para-hydroxylation sites is 1. The van der Waals surface area contributed by atoms with Crippen LogP contribution in [-0.2, 0) is 6.54 Å². The fourth-order valence-corrected chi connectivity index (χ4v) is 3.30. The Labute approximate surface area is 157 Å². The highest BCUT2D eigenvalue weighted by atomic mass is 32.1. The number of fused-ring (bicyclic) bond motifs is 1. The first-order valence-corrected chi connectivity index (χ1v) is 9.60. The van der Waals surface area contributed by atoms with Crippen LogP contribution in [-0.4, -0.2) is 31.6 Å². The van der Waals surface area contributed by atoms with Gasteiger partial charge in [-0.3, -0.25) is 0 Å². The molecule has 0 aliphatic rings. The monoisotopic (exact) mass is 371 g/mol. The smallest absolute Gasteiger partial charge is 0.192 e. The Kier molecular flexibility index (Phi) is 5.78. The maximum Gasteiger partial charge on any atom is 0.192 e. The van der Waals surface area contributed by atoms with Gasteiger partial charge in [-0.2, -0.15) is 0 Å². The normalized spacial score (nSPS) is 13.0. The summed E-state index contributed by atoms with van der Waals surface area (Å²) in [5.74, 6) is 1.64. The number of benzene rings is 1. The number of guanidine groups is 1. The van der Waals surface area contributed by atoms with Crippen molar-refractivity contribution >= 4 is 33.4 Å². The van der Waals surface area contributed by atoms with Crippen molar-refractivity contribution in [1.82, 2.24) is 15.6 Å². The molecule has 7 heteroatoms. The molecule has 0 fully saturated rings. The fourth-order valence-electron chi connectivity index (χ4n) is 2.55. The zero-order valence-electron chi connectivity index (χ0n) is 15.6. The minimum Gasteiger partial charge on any atom is -0.459 e. The second kappa shape index (κ2) is 8.23. The molecule has 26 heavy (non-hydrogen) atoms. The molecule has 1 atom stereocenters. The molecule has 2 N–H and O–H groups in total. The number of thiazole rings is 1. The maximum atomic E-state index is 5.94. The fraction of sp³-hybridized carbons (Fsp3) is 0.368. The van der Waals surface area contributed by atoms with E-state index in [1.807, 2.05) is 42.6 Å². The number of aliphatic imine (C=N–C) groups is 1. The first-order chi connectivity index (χ1) is 12.6. The lowest BCUT2D eigenvalue weighted by molar-refractivity contribution is 0.488.